The Hall–Kier alpha value is -2.67. The van der Waals surface area contributed by atoms with Crippen molar-refractivity contribution in [3.63, 3.8) is 0 Å². The molecule has 0 saturated heterocycles. The summed E-state index contributed by atoms with van der Waals surface area (Å²) in [6.07, 6.45) is 1.68. The van der Waals surface area contributed by atoms with Gasteiger partial charge >= 0.3 is 0 Å². The third-order valence-corrected chi connectivity index (χ3v) is 5.59. The van der Waals surface area contributed by atoms with E-state index < -0.39 is 14.8 Å². The Labute approximate surface area is 133 Å². The van der Waals surface area contributed by atoms with Crippen molar-refractivity contribution in [2.45, 2.75) is 4.90 Å². The average molecular weight is 330 g/mol. The van der Waals surface area contributed by atoms with Crippen LogP contribution in [0, 0.1) is 10.1 Å². The molecule has 0 aromatic heterocycles. The second-order valence-electron chi connectivity index (χ2n) is 5.14. The van der Waals surface area contributed by atoms with E-state index >= 15 is 0 Å². The monoisotopic (exact) mass is 330 g/mol. The molecular weight excluding hydrogens is 316 g/mol. The minimum atomic E-state index is -3.49. The molecule has 0 atom stereocenters. The summed E-state index contributed by atoms with van der Waals surface area (Å²) >= 11 is 0. The van der Waals surface area contributed by atoms with Crippen LogP contribution in [0.5, 0.6) is 0 Å². The van der Waals surface area contributed by atoms with E-state index in [1.807, 2.05) is 4.90 Å². The molecule has 7 heteroatoms. The van der Waals surface area contributed by atoms with E-state index in [0.717, 1.165) is 5.69 Å². The van der Waals surface area contributed by atoms with Crippen LogP contribution in [0.3, 0.4) is 0 Å². The minimum Gasteiger partial charge on any atom is -0.363 e. The van der Waals surface area contributed by atoms with Gasteiger partial charge in [-0.15, -0.1) is 0 Å². The van der Waals surface area contributed by atoms with Crippen molar-refractivity contribution in [3.05, 3.63) is 75.7 Å². The largest absolute Gasteiger partial charge is 0.363 e. The fourth-order valence-corrected chi connectivity index (χ4v) is 3.89. The molecule has 3 rings (SSSR count). The second kappa shape index (κ2) is 5.85. The van der Waals surface area contributed by atoms with Crippen LogP contribution in [0.15, 0.2) is 70.5 Å². The SMILES string of the molecule is O=[N+]([O-])c1ccc(N2CC=C(S(=O)(=O)c3ccccc3)C2)cc1. The third-order valence-electron chi connectivity index (χ3n) is 3.71. The van der Waals surface area contributed by atoms with E-state index in [2.05, 4.69) is 0 Å². The predicted octanol–water partition coefficient (Wildman–Crippen LogP) is 2.77. The first-order valence-corrected chi connectivity index (χ1v) is 8.45. The van der Waals surface area contributed by atoms with Gasteiger partial charge in [-0.3, -0.25) is 10.1 Å². The number of nitrogens with zero attached hydrogens (tertiary/aromatic N) is 2. The van der Waals surface area contributed by atoms with Crippen molar-refractivity contribution in [3.8, 4) is 0 Å². The highest BCUT2D eigenvalue weighted by Crippen LogP contribution is 2.27. The van der Waals surface area contributed by atoms with Crippen LogP contribution >= 0.6 is 0 Å². The van der Waals surface area contributed by atoms with Gasteiger partial charge in [0, 0.05) is 24.4 Å². The lowest BCUT2D eigenvalue weighted by Gasteiger charge is -2.18. The number of anilines is 1. The Bertz CT molecular complexity index is 859. The molecule has 2 aromatic carbocycles. The van der Waals surface area contributed by atoms with Gasteiger partial charge in [-0.05, 0) is 30.3 Å². The van der Waals surface area contributed by atoms with E-state index in [0.29, 0.717) is 11.4 Å². The zero-order chi connectivity index (χ0) is 16.4. The molecule has 0 radical (unpaired) electrons. The zero-order valence-corrected chi connectivity index (χ0v) is 12.9. The first kappa shape index (κ1) is 15.2. The number of rotatable bonds is 4. The molecule has 0 spiro atoms. The Balaban J connectivity index is 1.79. The highest BCUT2D eigenvalue weighted by Gasteiger charge is 2.26. The fraction of sp³-hybridized carbons (Fsp3) is 0.125. The third kappa shape index (κ3) is 2.95. The highest BCUT2D eigenvalue weighted by molar-refractivity contribution is 7.95. The van der Waals surface area contributed by atoms with Gasteiger partial charge in [0.1, 0.15) is 0 Å². The Morgan fingerprint density at radius 2 is 1.65 bits per heavy atom. The summed E-state index contributed by atoms with van der Waals surface area (Å²) in [7, 11) is -3.49. The molecule has 1 aliphatic rings. The quantitative estimate of drug-likeness (QED) is 0.636. The van der Waals surface area contributed by atoms with Crippen molar-refractivity contribution >= 4 is 21.2 Å². The van der Waals surface area contributed by atoms with Crippen molar-refractivity contribution in [2.24, 2.45) is 0 Å². The summed E-state index contributed by atoms with van der Waals surface area (Å²) in [5, 5.41) is 10.7. The van der Waals surface area contributed by atoms with E-state index in [1.54, 1.807) is 48.5 Å². The maximum absolute atomic E-state index is 12.6. The normalized spacial score (nSPS) is 14.6. The number of hydrogen-bond acceptors (Lipinski definition) is 5. The molecule has 0 saturated carbocycles. The standard InChI is InChI=1S/C16H14N2O4S/c19-18(20)14-8-6-13(7-9-14)17-11-10-16(12-17)23(21,22)15-4-2-1-3-5-15/h1-10H,11-12H2. The molecule has 6 nitrogen and oxygen atoms in total. The summed E-state index contributed by atoms with van der Waals surface area (Å²) in [6.45, 7) is 0.717. The Morgan fingerprint density at radius 1 is 1.00 bits per heavy atom. The molecular formula is C16H14N2O4S. The van der Waals surface area contributed by atoms with Crippen molar-refractivity contribution in [1.82, 2.24) is 0 Å². The van der Waals surface area contributed by atoms with Gasteiger partial charge in [-0.1, -0.05) is 18.2 Å². The van der Waals surface area contributed by atoms with Crippen LogP contribution in [-0.4, -0.2) is 26.4 Å². The highest BCUT2D eigenvalue weighted by atomic mass is 32.2. The summed E-state index contributed by atoms with van der Waals surface area (Å²) in [6, 6.07) is 14.4. The molecule has 118 valence electrons. The summed E-state index contributed by atoms with van der Waals surface area (Å²) in [5.74, 6) is 0. The topological polar surface area (TPSA) is 80.5 Å². The van der Waals surface area contributed by atoms with Gasteiger partial charge in [-0.2, -0.15) is 0 Å². The van der Waals surface area contributed by atoms with E-state index in [4.69, 9.17) is 0 Å². The molecule has 0 unspecified atom stereocenters. The lowest BCUT2D eigenvalue weighted by atomic mass is 10.2. The van der Waals surface area contributed by atoms with Crippen LogP contribution in [-0.2, 0) is 9.84 Å². The fourth-order valence-electron chi connectivity index (χ4n) is 2.46. The van der Waals surface area contributed by atoms with Crippen LogP contribution < -0.4 is 4.90 Å². The number of benzene rings is 2. The van der Waals surface area contributed by atoms with Crippen LogP contribution in [0.25, 0.3) is 0 Å². The molecule has 0 aliphatic carbocycles. The lowest BCUT2D eigenvalue weighted by Crippen LogP contribution is -2.21. The van der Waals surface area contributed by atoms with Crippen LogP contribution in [0.4, 0.5) is 11.4 Å². The summed E-state index contributed by atoms with van der Waals surface area (Å²) < 4.78 is 25.1. The number of sulfone groups is 1. The molecule has 1 heterocycles. The Kier molecular flexibility index (Phi) is 3.87. The molecule has 2 aromatic rings. The molecule has 0 amide bonds. The lowest BCUT2D eigenvalue weighted by molar-refractivity contribution is -0.384. The van der Waals surface area contributed by atoms with Crippen molar-refractivity contribution in [2.75, 3.05) is 18.0 Å². The van der Waals surface area contributed by atoms with Gasteiger partial charge < -0.3 is 4.90 Å². The van der Waals surface area contributed by atoms with Crippen LogP contribution in [0.1, 0.15) is 0 Å². The van der Waals surface area contributed by atoms with E-state index in [1.165, 1.54) is 12.1 Å². The first-order valence-electron chi connectivity index (χ1n) is 6.97. The molecule has 0 N–H and O–H groups in total. The summed E-state index contributed by atoms with van der Waals surface area (Å²) in [5.41, 5.74) is 0.767. The maximum atomic E-state index is 12.6. The number of nitro benzene ring substituents is 1. The van der Waals surface area contributed by atoms with Gasteiger partial charge in [-0.25, -0.2) is 8.42 Å². The minimum absolute atomic E-state index is 0.0121. The second-order valence-corrected chi connectivity index (χ2v) is 7.14. The Morgan fingerprint density at radius 3 is 2.26 bits per heavy atom. The van der Waals surface area contributed by atoms with Gasteiger partial charge in [0.2, 0.25) is 9.84 Å². The maximum Gasteiger partial charge on any atom is 0.269 e. The molecule has 0 bridgehead atoms. The molecule has 1 aliphatic heterocycles. The van der Waals surface area contributed by atoms with Crippen molar-refractivity contribution in [1.29, 1.82) is 0 Å². The first-order chi connectivity index (χ1) is 11.0. The van der Waals surface area contributed by atoms with E-state index in [9.17, 15) is 18.5 Å². The van der Waals surface area contributed by atoms with Crippen molar-refractivity contribution < 1.29 is 13.3 Å². The number of nitro groups is 1. The molecule has 23 heavy (non-hydrogen) atoms. The predicted molar refractivity (Wildman–Crippen MR) is 87.0 cm³/mol. The zero-order valence-electron chi connectivity index (χ0n) is 12.1. The smallest absolute Gasteiger partial charge is 0.269 e. The van der Waals surface area contributed by atoms with E-state index in [-0.39, 0.29) is 17.1 Å². The summed E-state index contributed by atoms with van der Waals surface area (Å²) in [4.78, 5) is 12.7. The molecule has 0 fully saturated rings. The van der Waals surface area contributed by atoms with Gasteiger partial charge in [0.25, 0.3) is 5.69 Å². The van der Waals surface area contributed by atoms with Crippen LogP contribution in [0.2, 0.25) is 0 Å². The average Bonchev–Trinajstić information content (AvgIpc) is 3.06. The number of non-ortho nitro benzene ring substituents is 1. The van der Waals surface area contributed by atoms with Gasteiger partial charge in [0.15, 0.2) is 0 Å². The number of hydrogen-bond donors (Lipinski definition) is 0. The van der Waals surface area contributed by atoms with Gasteiger partial charge in [0.05, 0.1) is 21.3 Å².